The summed E-state index contributed by atoms with van der Waals surface area (Å²) in [6.45, 7) is 2.65. The van der Waals surface area contributed by atoms with Crippen LogP contribution in [0.5, 0.6) is 0 Å². The van der Waals surface area contributed by atoms with E-state index >= 15 is 0 Å². The molecule has 0 aromatic rings. The molecule has 60 valence electrons. The molecule has 1 heterocycles. The Bertz CT molecular complexity index is 108. The molecule has 0 spiro atoms. The van der Waals surface area contributed by atoms with Gasteiger partial charge in [-0.1, -0.05) is 0 Å². The molecule has 3 heteroatoms. The fraction of sp³-hybridized carbons (Fsp3) is 1.00. The zero-order valence-electron chi connectivity index (χ0n) is 6.50. The largest absolute Gasteiger partial charge is 0.389 e. The van der Waals surface area contributed by atoms with Crippen LogP contribution in [-0.4, -0.2) is 37.0 Å². The molecule has 1 aliphatic heterocycles. The number of ether oxygens (including phenoxy) is 1. The van der Waals surface area contributed by atoms with E-state index in [1.807, 2.05) is 14.0 Å². The maximum Gasteiger partial charge on any atom is 0.0952 e. The lowest BCUT2D eigenvalue weighted by Crippen LogP contribution is -2.49. The normalized spacial score (nSPS) is 41.7. The SMILES string of the molecule is CN[C@H]1CCO[C@@H](C)[C@H]1O. The summed E-state index contributed by atoms with van der Waals surface area (Å²) in [6, 6.07) is 0.212. The molecule has 10 heavy (non-hydrogen) atoms. The lowest BCUT2D eigenvalue weighted by Gasteiger charge is -2.32. The quantitative estimate of drug-likeness (QED) is 0.534. The highest BCUT2D eigenvalue weighted by molar-refractivity contribution is 4.82. The minimum atomic E-state index is -0.348. The lowest BCUT2D eigenvalue weighted by molar-refractivity contribution is -0.0800. The predicted octanol–water partition coefficient (Wildman–Crippen LogP) is -0.256. The zero-order valence-corrected chi connectivity index (χ0v) is 6.50. The van der Waals surface area contributed by atoms with Gasteiger partial charge in [0.25, 0.3) is 0 Å². The average molecular weight is 145 g/mol. The van der Waals surface area contributed by atoms with E-state index in [2.05, 4.69) is 5.32 Å². The average Bonchev–Trinajstić information content (AvgIpc) is 1.95. The molecule has 1 rings (SSSR count). The topological polar surface area (TPSA) is 41.5 Å². The van der Waals surface area contributed by atoms with Gasteiger partial charge in [-0.05, 0) is 20.4 Å². The Labute approximate surface area is 61.4 Å². The highest BCUT2D eigenvalue weighted by atomic mass is 16.5. The number of hydrogen-bond acceptors (Lipinski definition) is 3. The van der Waals surface area contributed by atoms with E-state index in [-0.39, 0.29) is 18.2 Å². The Balaban J connectivity index is 2.42. The van der Waals surface area contributed by atoms with Gasteiger partial charge >= 0.3 is 0 Å². The first-order valence-electron chi connectivity index (χ1n) is 3.72. The molecule has 0 aromatic carbocycles. The zero-order chi connectivity index (χ0) is 7.56. The summed E-state index contributed by atoms with van der Waals surface area (Å²) in [6.07, 6.45) is 0.534. The van der Waals surface area contributed by atoms with Gasteiger partial charge in [0, 0.05) is 12.6 Å². The van der Waals surface area contributed by atoms with Crippen molar-refractivity contribution >= 4 is 0 Å². The number of aliphatic hydroxyl groups is 1. The Kier molecular flexibility index (Phi) is 2.65. The second-order valence-corrected chi connectivity index (χ2v) is 2.75. The maximum atomic E-state index is 9.45. The minimum Gasteiger partial charge on any atom is -0.389 e. The third-order valence-corrected chi connectivity index (χ3v) is 2.07. The van der Waals surface area contributed by atoms with Gasteiger partial charge in [-0.2, -0.15) is 0 Å². The Morgan fingerprint density at radius 1 is 1.60 bits per heavy atom. The van der Waals surface area contributed by atoms with Crippen LogP contribution in [0.25, 0.3) is 0 Å². The van der Waals surface area contributed by atoms with Crippen molar-refractivity contribution in [2.45, 2.75) is 31.6 Å². The van der Waals surface area contributed by atoms with E-state index in [0.29, 0.717) is 0 Å². The Hall–Kier alpha value is -0.120. The van der Waals surface area contributed by atoms with E-state index in [1.165, 1.54) is 0 Å². The molecular weight excluding hydrogens is 130 g/mol. The molecule has 0 radical (unpaired) electrons. The van der Waals surface area contributed by atoms with Gasteiger partial charge in [0.1, 0.15) is 0 Å². The van der Waals surface area contributed by atoms with Crippen LogP contribution < -0.4 is 5.32 Å². The van der Waals surface area contributed by atoms with Gasteiger partial charge < -0.3 is 15.2 Å². The van der Waals surface area contributed by atoms with Crippen LogP contribution in [-0.2, 0) is 4.74 Å². The molecule has 2 N–H and O–H groups in total. The fourth-order valence-corrected chi connectivity index (χ4v) is 1.29. The molecule has 0 unspecified atom stereocenters. The van der Waals surface area contributed by atoms with Gasteiger partial charge in [0.2, 0.25) is 0 Å². The van der Waals surface area contributed by atoms with Crippen LogP contribution in [0.1, 0.15) is 13.3 Å². The summed E-state index contributed by atoms with van der Waals surface area (Å²) in [5, 5.41) is 12.5. The van der Waals surface area contributed by atoms with Crippen LogP contribution in [0.2, 0.25) is 0 Å². The number of rotatable bonds is 1. The standard InChI is InChI=1S/C7H15NO2/c1-5-7(9)6(8-2)3-4-10-5/h5-9H,3-4H2,1-2H3/t5-,6-,7+/m0/s1. The van der Waals surface area contributed by atoms with Gasteiger partial charge in [-0.15, -0.1) is 0 Å². The van der Waals surface area contributed by atoms with E-state index in [4.69, 9.17) is 4.74 Å². The summed E-state index contributed by atoms with van der Waals surface area (Å²) in [7, 11) is 1.87. The van der Waals surface area contributed by atoms with Gasteiger partial charge in [-0.3, -0.25) is 0 Å². The van der Waals surface area contributed by atoms with Crippen molar-refractivity contribution < 1.29 is 9.84 Å². The first-order chi connectivity index (χ1) is 4.75. The molecule has 0 bridgehead atoms. The number of hydrogen-bond donors (Lipinski definition) is 2. The molecule has 3 atom stereocenters. The van der Waals surface area contributed by atoms with Crippen molar-refractivity contribution in [2.75, 3.05) is 13.7 Å². The fourth-order valence-electron chi connectivity index (χ4n) is 1.29. The van der Waals surface area contributed by atoms with E-state index < -0.39 is 0 Å². The van der Waals surface area contributed by atoms with Crippen molar-refractivity contribution in [3.63, 3.8) is 0 Å². The summed E-state index contributed by atoms with van der Waals surface area (Å²) >= 11 is 0. The number of nitrogens with one attached hydrogen (secondary N) is 1. The van der Waals surface area contributed by atoms with Crippen LogP contribution in [0, 0.1) is 0 Å². The molecule has 0 saturated carbocycles. The van der Waals surface area contributed by atoms with E-state index in [9.17, 15) is 5.11 Å². The van der Waals surface area contributed by atoms with Crippen molar-refractivity contribution in [1.29, 1.82) is 0 Å². The van der Waals surface area contributed by atoms with Crippen LogP contribution in [0.4, 0.5) is 0 Å². The highest BCUT2D eigenvalue weighted by Crippen LogP contribution is 2.13. The first kappa shape index (κ1) is 7.98. The number of aliphatic hydroxyl groups excluding tert-OH is 1. The van der Waals surface area contributed by atoms with Crippen molar-refractivity contribution in [1.82, 2.24) is 5.32 Å². The summed E-state index contributed by atoms with van der Waals surface area (Å²) in [5.41, 5.74) is 0. The molecule has 0 aromatic heterocycles. The third kappa shape index (κ3) is 1.48. The summed E-state index contributed by atoms with van der Waals surface area (Å²) in [5.74, 6) is 0. The highest BCUT2D eigenvalue weighted by Gasteiger charge is 2.27. The third-order valence-electron chi connectivity index (χ3n) is 2.07. The summed E-state index contributed by atoms with van der Waals surface area (Å²) in [4.78, 5) is 0. The van der Waals surface area contributed by atoms with Crippen molar-refractivity contribution in [3.05, 3.63) is 0 Å². The first-order valence-corrected chi connectivity index (χ1v) is 3.72. The number of likely N-dealkylation sites (N-methyl/N-ethyl adjacent to an activating group) is 1. The second kappa shape index (κ2) is 3.32. The van der Waals surface area contributed by atoms with Crippen LogP contribution in [0.3, 0.4) is 0 Å². The van der Waals surface area contributed by atoms with Crippen molar-refractivity contribution in [2.24, 2.45) is 0 Å². The molecule has 1 aliphatic rings. The molecule has 1 fully saturated rings. The molecule has 1 saturated heterocycles. The monoisotopic (exact) mass is 145 g/mol. The maximum absolute atomic E-state index is 9.45. The molecular formula is C7H15NO2. The van der Waals surface area contributed by atoms with Gasteiger partial charge in [0.05, 0.1) is 12.2 Å². The second-order valence-electron chi connectivity index (χ2n) is 2.75. The van der Waals surface area contributed by atoms with Crippen molar-refractivity contribution in [3.8, 4) is 0 Å². The lowest BCUT2D eigenvalue weighted by atomic mass is 10.0. The predicted molar refractivity (Wildman–Crippen MR) is 38.9 cm³/mol. The smallest absolute Gasteiger partial charge is 0.0952 e. The van der Waals surface area contributed by atoms with Gasteiger partial charge in [-0.25, -0.2) is 0 Å². The van der Waals surface area contributed by atoms with Gasteiger partial charge in [0.15, 0.2) is 0 Å². The Morgan fingerprint density at radius 2 is 2.30 bits per heavy atom. The molecule has 0 aliphatic carbocycles. The Morgan fingerprint density at radius 3 is 2.80 bits per heavy atom. The van der Waals surface area contributed by atoms with Crippen LogP contribution >= 0.6 is 0 Å². The van der Waals surface area contributed by atoms with E-state index in [0.717, 1.165) is 13.0 Å². The van der Waals surface area contributed by atoms with E-state index in [1.54, 1.807) is 0 Å². The summed E-state index contributed by atoms with van der Waals surface area (Å²) < 4.78 is 5.23. The molecule has 0 amide bonds. The minimum absolute atomic E-state index is 0.0220. The van der Waals surface area contributed by atoms with Crippen LogP contribution in [0.15, 0.2) is 0 Å². The molecule has 3 nitrogen and oxygen atoms in total.